The predicted molar refractivity (Wildman–Crippen MR) is 111 cm³/mol. The van der Waals surface area contributed by atoms with E-state index in [1.54, 1.807) is 0 Å². The zero-order chi connectivity index (χ0) is 20.5. The van der Waals surface area contributed by atoms with Gasteiger partial charge in [0, 0.05) is 29.5 Å². The second-order valence-electron chi connectivity index (χ2n) is 6.74. The van der Waals surface area contributed by atoms with E-state index in [4.69, 9.17) is 9.88 Å². The van der Waals surface area contributed by atoms with Gasteiger partial charge in [-0.1, -0.05) is 0 Å². The van der Waals surface area contributed by atoms with E-state index in [0.717, 1.165) is 18.8 Å². The molecule has 1 amide bonds. The molecule has 2 atom stereocenters. The summed E-state index contributed by atoms with van der Waals surface area (Å²) in [5, 5.41) is 10.2. The molecule has 3 N–H and O–H groups in total. The number of benzene rings is 1. The number of anilines is 1. The molecule has 0 spiro atoms. The fraction of sp³-hybridized carbons (Fsp3) is 0.412. The van der Waals surface area contributed by atoms with E-state index >= 15 is 0 Å². The first kappa shape index (κ1) is 21.3. The summed E-state index contributed by atoms with van der Waals surface area (Å²) in [6.45, 7) is 6.43. The molecule has 0 bridgehead atoms. The number of hydrogen-bond acceptors (Lipinski definition) is 7. The Hall–Kier alpha value is -1.37. The first-order valence-electron chi connectivity index (χ1n) is 8.57. The van der Waals surface area contributed by atoms with Crippen molar-refractivity contribution < 1.29 is 17.9 Å². The molecule has 1 aliphatic heterocycles. The average molecular weight is 489 g/mol. The SMILES string of the molecule is CC1CN(Cc2csc(NC(=O)c3cc(S(N)(=O)=O)ccc3Br)n2)CC(C)O1. The molecule has 1 saturated heterocycles. The van der Waals surface area contributed by atoms with Crippen molar-refractivity contribution in [3.63, 3.8) is 0 Å². The van der Waals surface area contributed by atoms with Crippen molar-refractivity contribution in [2.75, 3.05) is 18.4 Å². The highest BCUT2D eigenvalue weighted by Crippen LogP contribution is 2.24. The Balaban J connectivity index is 1.69. The largest absolute Gasteiger partial charge is 0.373 e. The van der Waals surface area contributed by atoms with E-state index < -0.39 is 15.9 Å². The lowest BCUT2D eigenvalue weighted by Crippen LogP contribution is -2.44. The van der Waals surface area contributed by atoms with Gasteiger partial charge >= 0.3 is 0 Å². The number of rotatable bonds is 5. The summed E-state index contributed by atoms with van der Waals surface area (Å²) in [4.78, 5) is 19.2. The molecule has 1 aromatic carbocycles. The van der Waals surface area contributed by atoms with Crippen LogP contribution in [0.1, 0.15) is 29.9 Å². The van der Waals surface area contributed by atoms with Crippen molar-refractivity contribution in [1.29, 1.82) is 0 Å². The van der Waals surface area contributed by atoms with E-state index in [-0.39, 0.29) is 22.7 Å². The van der Waals surface area contributed by atoms with Crippen molar-refractivity contribution in [2.45, 2.75) is 37.5 Å². The number of amides is 1. The Morgan fingerprint density at radius 2 is 2.07 bits per heavy atom. The summed E-state index contributed by atoms with van der Waals surface area (Å²) in [5.74, 6) is -0.466. The predicted octanol–water partition coefficient (Wildman–Crippen LogP) is 2.41. The third kappa shape index (κ3) is 5.37. The van der Waals surface area contributed by atoms with Crippen molar-refractivity contribution in [1.82, 2.24) is 9.88 Å². The summed E-state index contributed by atoms with van der Waals surface area (Å²) in [6.07, 6.45) is 0.343. The number of carbonyl (C=O) groups excluding carboxylic acids is 1. The topological polar surface area (TPSA) is 115 Å². The molecule has 0 aliphatic carbocycles. The van der Waals surface area contributed by atoms with Crippen LogP contribution in [0.15, 0.2) is 32.9 Å². The highest BCUT2D eigenvalue weighted by atomic mass is 79.9. The summed E-state index contributed by atoms with van der Waals surface area (Å²) >= 11 is 4.58. The summed E-state index contributed by atoms with van der Waals surface area (Å²) in [6, 6.07) is 4.05. The van der Waals surface area contributed by atoms with Crippen molar-refractivity contribution in [2.24, 2.45) is 5.14 Å². The lowest BCUT2D eigenvalue weighted by molar-refractivity contribution is -0.0707. The lowest BCUT2D eigenvalue weighted by Gasteiger charge is -2.34. The van der Waals surface area contributed by atoms with Gasteiger partial charge in [-0.15, -0.1) is 11.3 Å². The quantitative estimate of drug-likeness (QED) is 0.667. The maximum Gasteiger partial charge on any atom is 0.258 e. The van der Waals surface area contributed by atoms with E-state index in [0.29, 0.717) is 16.1 Å². The van der Waals surface area contributed by atoms with E-state index in [9.17, 15) is 13.2 Å². The first-order chi connectivity index (χ1) is 13.1. The minimum absolute atomic E-state index is 0.128. The van der Waals surface area contributed by atoms with Crippen LogP contribution in [-0.2, 0) is 21.3 Å². The standard InChI is InChI=1S/C17H21BrN4O4S2/c1-10-6-22(7-11(2)26-10)8-12-9-27-17(20-12)21-16(23)14-5-13(28(19,24)25)3-4-15(14)18/h3-5,9-11H,6-8H2,1-2H3,(H2,19,24,25)(H,20,21,23). The Morgan fingerprint density at radius 1 is 1.39 bits per heavy atom. The van der Waals surface area contributed by atoms with Crippen LogP contribution < -0.4 is 10.5 Å². The van der Waals surface area contributed by atoms with Gasteiger partial charge in [0.25, 0.3) is 5.91 Å². The molecule has 0 radical (unpaired) electrons. The van der Waals surface area contributed by atoms with Gasteiger partial charge in [0.05, 0.1) is 28.4 Å². The van der Waals surface area contributed by atoms with Crippen molar-refractivity contribution in [3.8, 4) is 0 Å². The molecule has 152 valence electrons. The van der Waals surface area contributed by atoms with Crippen LogP contribution >= 0.6 is 27.3 Å². The molecule has 0 saturated carbocycles. The zero-order valence-electron chi connectivity index (χ0n) is 15.4. The van der Waals surface area contributed by atoms with Gasteiger partial charge in [0.15, 0.2) is 5.13 Å². The number of nitrogens with one attached hydrogen (secondary N) is 1. The number of ether oxygens (including phenoxy) is 1. The highest BCUT2D eigenvalue weighted by molar-refractivity contribution is 9.10. The number of sulfonamides is 1. The number of aromatic nitrogens is 1. The number of nitrogens with zero attached hydrogens (tertiary/aromatic N) is 2. The summed E-state index contributed by atoms with van der Waals surface area (Å²) < 4.78 is 29.2. The second-order valence-corrected chi connectivity index (χ2v) is 10.0. The minimum Gasteiger partial charge on any atom is -0.373 e. The third-order valence-electron chi connectivity index (χ3n) is 4.16. The monoisotopic (exact) mass is 488 g/mol. The average Bonchev–Trinajstić information content (AvgIpc) is 2.99. The number of primary sulfonamides is 1. The van der Waals surface area contributed by atoms with Crippen LogP contribution in [0, 0.1) is 0 Å². The number of carbonyl (C=O) groups is 1. The van der Waals surface area contributed by atoms with Crippen LogP contribution in [0.5, 0.6) is 0 Å². The molecule has 28 heavy (non-hydrogen) atoms. The van der Waals surface area contributed by atoms with Gasteiger partial charge in [-0.2, -0.15) is 0 Å². The fourth-order valence-electron chi connectivity index (χ4n) is 3.10. The first-order valence-corrected chi connectivity index (χ1v) is 11.8. The Kier molecular flexibility index (Phi) is 6.52. The molecule has 1 aliphatic rings. The molecule has 1 aromatic heterocycles. The smallest absolute Gasteiger partial charge is 0.258 e. The van der Waals surface area contributed by atoms with Gasteiger partial charge in [-0.3, -0.25) is 15.0 Å². The Morgan fingerprint density at radius 3 is 2.71 bits per heavy atom. The van der Waals surface area contributed by atoms with Gasteiger partial charge in [-0.25, -0.2) is 18.5 Å². The maximum absolute atomic E-state index is 12.6. The normalized spacial score (nSPS) is 20.9. The second kappa shape index (κ2) is 8.56. The van der Waals surface area contributed by atoms with Crippen molar-refractivity contribution >= 4 is 48.3 Å². The van der Waals surface area contributed by atoms with Crippen LogP contribution in [-0.4, -0.2) is 49.5 Å². The van der Waals surface area contributed by atoms with Crippen molar-refractivity contribution in [3.05, 3.63) is 39.3 Å². The molecule has 2 heterocycles. The fourth-order valence-corrected chi connectivity index (χ4v) is 4.76. The number of halogens is 1. The summed E-state index contributed by atoms with van der Waals surface area (Å²) in [7, 11) is -3.90. The highest BCUT2D eigenvalue weighted by Gasteiger charge is 2.23. The van der Waals surface area contributed by atoms with Crippen LogP contribution in [0.2, 0.25) is 0 Å². The molecule has 11 heteroatoms. The van der Waals surface area contributed by atoms with Crippen LogP contribution in [0.25, 0.3) is 0 Å². The third-order valence-corrected chi connectivity index (χ3v) is 6.57. The zero-order valence-corrected chi connectivity index (χ0v) is 18.6. The maximum atomic E-state index is 12.6. The van der Waals surface area contributed by atoms with E-state index in [2.05, 4.69) is 31.1 Å². The molecule has 2 aromatic rings. The van der Waals surface area contributed by atoms with Gasteiger partial charge in [-0.05, 0) is 48.0 Å². The molecule has 1 fully saturated rings. The number of morpholine rings is 1. The van der Waals surface area contributed by atoms with Gasteiger partial charge in [0.2, 0.25) is 10.0 Å². The molecule has 3 rings (SSSR count). The minimum atomic E-state index is -3.90. The van der Waals surface area contributed by atoms with Crippen LogP contribution in [0.4, 0.5) is 5.13 Å². The van der Waals surface area contributed by atoms with Gasteiger partial charge in [0.1, 0.15) is 0 Å². The van der Waals surface area contributed by atoms with E-state index in [1.165, 1.54) is 29.5 Å². The Bertz CT molecular complexity index is 969. The molecular formula is C17H21BrN4O4S2. The van der Waals surface area contributed by atoms with Crippen LogP contribution in [0.3, 0.4) is 0 Å². The number of nitrogens with two attached hydrogens (primary N) is 1. The summed E-state index contributed by atoms with van der Waals surface area (Å²) in [5.41, 5.74) is 1.03. The molecular weight excluding hydrogens is 468 g/mol. The lowest BCUT2D eigenvalue weighted by atomic mass is 10.2. The van der Waals surface area contributed by atoms with Gasteiger partial charge < -0.3 is 4.74 Å². The van der Waals surface area contributed by atoms with E-state index in [1.807, 2.05) is 19.2 Å². The molecule has 8 nitrogen and oxygen atoms in total. The number of hydrogen-bond donors (Lipinski definition) is 2. The number of thiazole rings is 1. The Labute approximate surface area is 176 Å². The molecule has 2 unspecified atom stereocenters.